The van der Waals surface area contributed by atoms with E-state index in [1.54, 1.807) is 38.5 Å². The average Bonchev–Trinajstić information content (AvgIpc) is 3.14. The van der Waals surface area contributed by atoms with Gasteiger partial charge in [-0.2, -0.15) is 0 Å². The molecule has 7 heteroatoms. The minimum atomic E-state index is -3.83. The molecule has 0 atom stereocenters. The second-order valence-electron chi connectivity index (χ2n) is 12.1. The SMILES string of the molecule is COc1cc2c(cc1OC)CN(Cc1ccc(-c3ccc(N(Cc4cccc5ccccc45)S(=O)(=O)c4ccccc4)cc3)cc1)CC2. The van der Waals surface area contributed by atoms with Crippen LogP contribution in [0.25, 0.3) is 21.9 Å². The largest absolute Gasteiger partial charge is 0.493 e. The topological polar surface area (TPSA) is 59.1 Å². The third-order valence-electron chi connectivity index (χ3n) is 9.17. The maximum absolute atomic E-state index is 14.1. The number of hydrogen-bond donors (Lipinski definition) is 0. The number of sulfonamides is 1. The van der Waals surface area contributed by atoms with E-state index in [0.717, 1.165) is 65.0 Å². The fourth-order valence-corrected chi connectivity index (χ4v) is 8.04. The standard InChI is InChI=1S/C41H38N2O4S/c1-46-40-25-34-23-24-42(28-36(34)26-41(40)47-2)27-30-15-17-31(18-16-30)32-19-21-37(22-20-32)43(48(44,45)38-12-4-3-5-13-38)29-35-11-8-10-33-9-6-7-14-39(33)35/h3-22,25-26H,23-24,27-29H2,1-2H3. The Balaban J connectivity index is 1.11. The van der Waals surface area contributed by atoms with Crippen LogP contribution in [0.1, 0.15) is 22.3 Å². The molecule has 1 heterocycles. The molecular weight excluding hydrogens is 617 g/mol. The van der Waals surface area contributed by atoms with E-state index in [1.807, 2.05) is 60.7 Å². The van der Waals surface area contributed by atoms with Gasteiger partial charge in [-0.05, 0) is 87.0 Å². The van der Waals surface area contributed by atoms with E-state index in [-0.39, 0.29) is 11.4 Å². The molecule has 0 fully saturated rings. The second-order valence-corrected chi connectivity index (χ2v) is 14.0. The summed E-state index contributed by atoms with van der Waals surface area (Å²) in [6.07, 6.45) is 0.970. The number of hydrogen-bond acceptors (Lipinski definition) is 5. The number of anilines is 1. The first-order chi connectivity index (χ1) is 23.4. The van der Waals surface area contributed by atoms with Gasteiger partial charge >= 0.3 is 0 Å². The Morgan fingerprint density at radius 2 is 1.31 bits per heavy atom. The van der Waals surface area contributed by atoms with Crippen molar-refractivity contribution >= 4 is 26.5 Å². The minimum Gasteiger partial charge on any atom is -0.493 e. The number of rotatable bonds is 10. The van der Waals surface area contributed by atoms with Gasteiger partial charge in [-0.15, -0.1) is 0 Å². The number of fused-ring (bicyclic) bond motifs is 2. The molecule has 6 aromatic rings. The summed E-state index contributed by atoms with van der Waals surface area (Å²) < 4.78 is 40.7. The molecule has 0 N–H and O–H groups in total. The molecule has 0 radical (unpaired) electrons. The van der Waals surface area contributed by atoms with Crippen molar-refractivity contribution in [2.24, 2.45) is 0 Å². The summed E-state index contributed by atoms with van der Waals surface area (Å²) in [4.78, 5) is 2.72. The van der Waals surface area contributed by atoms with Gasteiger partial charge in [0.05, 0.1) is 31.3 Å². The van der Waals surface area contributed by atoms with Crippen molar-refractivity contribution in [3.05, 3.63) is 156 Å². The monoisotopic (exact) mass is 654 g/mol. The van der Waals surface area contributed by atoms with Crippen molar-refractivity contribution in [2.75, 3.05) is 25.1 Å². The van der Waals surface area contributed by atoms with Crippen LogP contribution in [0.3, 0.4) is 0 Å². The maximum atomic E-state index is 14.1. The van der Waals surface area contributed by atoms with Crippen molar-refractivity contribution < 1.29 is 17.9 Å². The van der Waals surface area contributed by atoms with E-state index < -0.39 is 10.0 Å². The van der Waals surface area contributed by atoms with Crippen LogP contribution in [0.2, 0.25) is 0 Å². The third kappa shape index (κ3) is 6.39. The molecule has 0 amide bonds. The molecule has 6 aromatic carbocycles. The minimum absolute atomic E-state index is 0.216. The van der Waals surface area contributed by atoms with Crippen molar-refractivity contribution in [3.8, 4) is 22.6 Å². The first kappa shape index (κ1) is 31.5. The lowest BCUT2D eigenvalue weighted by Gasteiger charge is -2.29. The quantitative estimate of drug-likeness (QED) is 0.148. The molecule has 1 aliphatic rings. The van der Waals surface area contributed by atoms with E-state index in [4.69, 9.17) is 9.47 Å². The van der Waals surface area contributed by atoms with Crippen LogP contribution in [-0.2, 0) is 36.1 Å². The van der Waals surface area contributed by atoms with E-state index in [9.17, 15) is 8.42 Å². The van der Waals surface area contributed by atoms with Gasteiger partial charge in [0, 0.05) is 19.6 Å². The molecule has 0 unspecified atom stereocenters. The molecule has 0 aromatic heterocycles. The molecule has 0 saturated heterocycles. The molecule has 0 bridgehead atoms. The Hall–Kier alpha value is -5.11. The van der Waals surface area contributed by atoms with Crippen molar-refractivity contribution in [1.29, 1.82) is 0 Å². The van der Waals surface area contributed by atoms with E-state index in [0.29, 0.717) is 5.69 Å². The summed E-state index contributed by atoms with van der Waals surface area (Å²) >= 11 is 0. The Kier molecular flexibility index (Phi) is 8.89. The van der Waals surface area contributed by atoms with E-state index >= 15 is 0 Å². The van der Waals surface area contributed by atoms with Crippen LogP contribution < -0.4 is 13.8 Å². The summed E-state index contributed by atoms with van der Waals surface area (Å²) in [7, 11) is -0.477. The van der Waals surface area contributed by atoms with Gasteiger partial charge in [-0.3, -0.25) is 9.21 Å². The summed E-state index contributed by atoms with van der Waals surface area (Å²) in [5.74, 6) is 1.55. The number of methoxy groups -OCH3 is 2. The van der Waals surface area contributed by atoms with Gasteiger partial charge in [0.25, 0.3) is 10.0 Å². The van der Waals surface area contributed by atoms with E-state index in [1.165, 1.54) is 21.0 Å². The Labute approximate surface area is 282 Å². The molecule has 0 spiro atoms. The number of ether oxygens (including phenoxy) is 2. The first-order valence-corrected chi connectivity index (χ1v) is 17.6. The zero-order valence-electron chi connectivity index (χ0n) is 27.2. The molecule has 242 valence electrons. The Morgan fingerprint density at radius 3 is 2.02 bits per heavy atom. The predicted molar refractivity (Wildman–Crippen MR) is 193 cm³/mol. The van der Waals surface area contributed by atoms with Gasteiger partial charge in [-0.1, -0.05) is 97.1 Å². The summed E-state index contributed by atoms with van der Waals surface area (Å²) in [6, 6.07) is 43.4. The maximum Gasteiger partial charge on any atom is 0.264 e. The molecule has 1 aliphatic heterocycles. The highest BCUT2D eigenvalue weighted by atomic mass is 32.2. The van der Waals surface area contributed by atoms with Crippen LogP contribution in [0.15, 0.2) is 138 Å². The molecular formula is C41H38N2O4S. The van der Waals surface area contributed by atoms with Crippen molar-refractivity contribution in [1.82, 2.24) is 4.90 Å². The zero-order valence-corrected chi connectivity index (χ0v) is 28.0. The second kappa shape index (κ2) is 13.6. The van der Waals surface area contributed by atoms with E-state index in [2.05, 4.69) is 53.4 Å². The zero-order chi connectivity index (χ0) is 33.1. The highest BCUT2D eigenvalue weighted by Gasteiger charge is 2.26. The number of nitrogens with zero attached hydrogens (tertiary/aromatic N) is 2. The molecule has 48 heavy (non-hydrogen) atoms. The summed E-state index contributed by atoms with van der Waals surface area (Å²) in [5.41, 5.74) is 7.51. The van der Waals surface area contributed by atoms with Crippen LogP contribution in [0.5, 0.6) is 11.5 Å². The molecule has 6 nitrogen and oxygen atoms in total. The van der Waals surface area contributed by atoms with Crippen LogP contribution in [0.4, 0.5) is 5.69 Å². The van der Waals surface area contributed by atoms with Crippen LogP contribution >= 0.6 is 0 Å². The predicted octanol–water partition coefficient (Wildman–Crippen LogP) is 8.48. The third-order valence-corrected chi connectivity index (χ3v) is 11.0. The van der Waals surface area contributed by atoms with Crippen LogP contribution in [0, 0.1) is 0 Å². The highest BCUT2D eigenvalue weighted by Crippen LogP contribution is 2.34. The lowest BCUT2D eigenvalue weighted by molar-refractivity contribution is 0.244. The smallest absolute Gasteiger partial charge is 0.264 e. The fourth-order valence-electron chi connectivity index (χ4n) is 6.58. The molecule has 0 aliphatic carbocycles. The summed E-state index contributed by atoms with van der Waals surface area (Å²) in [6.45, 7) is 2.91. The van der Waals surface area contributed by atoms with Crippen molar-refractivity contribution in [3.63, 3.8) is 0 Å². The normalized spacial score (nSPS) is 13.2. The molecule has 7 rings (SSSR count). The van der Waals surface area contributed by atoms with Gasteiger partial charge in [-0.25, -0.2) is 8.42 Å². The molecule has 0 saturated carbocycles. The lowest BCUT2D eigenvalue weighted by Crippen LogP contribution is -2.30. The first-order valence-electron chi connectivity index (χ1n) is 16.1. The van der Waals surface area contributed by atoms with Gasteiger partial charge in [0.2, 0.25) is 0 Å². The summed E-state index contributed by atoms with van der Waals surface area (Å²) in [5, 5.41) is 2.12. The Bertz CT molecular complexity index is 2140. The lowest BCUT2D eigenvalue weighted by atomic mass is 9.98. The Morgan fingerprint density at radius 1 is 0.688 bits per heavy atom. The number of benzene rings is 6. The van der Waals surface area contributed by atoms with Gasteiger partial charge < -0.3 is 9.47 Å². The van der Waals surface area contributed by atoms with Crippen LogP contribution in [-0.4, -0.2) is 34.1 Å². The van der Waals surface area contributed by atoms with Gasteiger partial charge in [0.15, 0.2) is 11.5 Å². The van der Waals surface area contributed by atoms with Gasteiger partial charge in [0.1, 0.15) is 0 Å². The fraction of sp³-hybridized carbons (Fsp3) is 0.171. The van der Waals surface area contributed by atoms with Crippen molar-refractivity contribution in [2.45, 2.75) is 31.0 Å². The average molecular weight is 655 g/mol. The highest BCUT2D eigenvalue weighted by molar-refractivity contribution is 7.92.